The zero-order chi connectivity index (χ0) is 21.8. The van der Waals surface area contributed by atoms with Gasteiger partial charge in [-0.1, -0.05) is 57.3 Å². The first-order valence-electron chi connectivity index (χ1n) is 8.70. The Hall–Kier alpha value is -1.98. The number of hydrogen-bond donors (Lipinski definition) is 1. The van der Waals surface area contributed by atoms with Crippen molar-refractivity contribution >= 4 is 62.8 Å². The minimum atomic E-state index is -1.16. The number of benzene rings is 2. The zero-order valence-corrected chi connectivity index (χ0v) is 19.5. The molecule has 0 unspecified atom stereocenters. The van der Waals surface area contributed by atoms with Gasteiger partial charge in [0.15, 0.2) is 0 Å². The van der Waals surface area contributed by atoms with Crippen LogP contribution in [0.3, 0.4) is 0 Å². The van der Waals surface area contributed by atoms with Gasteiger partial charge in [0.25, 0.3) is 0 Å². The van der Waals surface area contributed by atoms with Crippen molar-refractivity contribution in [1.82, 2.24) is 5.32 Å². The molecule has 154 valence electrons. The molecule has 1 aliphatic rings. The van der Waals surface area contributed by atoms with Crippen molar-refractivity contribution in [3.8, 4) is 6.07 Å². The van der Waals surface area contributed by atoms with Crippen molar-refractivity contribution in [1.29, 1.82) is 5.26 Å². The number of hydrogen-bond acceptors (Lipinski definition) is 5. The third-order valence-corrected chi connectivity index (χ3v) is 6.72. The van der Waals surface area contributed by atoms with E-state index in [0.29, 0.717) is 26.4 Å². The van der Waals surface area contributed by atoms with Gasteiger partial charge in [0, 0.05) is 26.2 Å². The van der Waals surface area contributed by atoms with E-state index in [2.05, 4.69) is 27.3 Å². The first-order valence-corrected chi connectivity index (χ1v) is 11.2. The van der Waals surface area contributed by atoms with Crippen LogP contribution in [0.5, 0.6) is 0 Å². The number of rotatable bonds is 5. The van der Waals surface area contributed by atoms with E-state index in [1.54, 1.807) is 36.4 Å². The van der Waals surface area contributed by atoms with Crippen LogP contribution in [0.15, 0.2) is 57.5 Å². The highest BCUT2D eigenvalue weighted by Gasteiger charge is 2.44. The molecule has 1 N–H and O–H groups in total. The maximum atomic E-state index is 12.8. The largest absolute Gasteiger partial charge is 0.468 e. The Balaban J connectivity index is 2.03. The highest BCUT2D eigenvalue weighted by atomic mass is 79.9. The summed E-state index contributed by atoms with van der Waals surface area (Å²) in [7, 11) is 1.22. The van der Waals surface area contributed by atoms with Crippen molar-refractivity contribution in [2.45, 2.75) is 11.7 Å². The van der Waals surface area contributed by atoms with E-state index in [1.165, 1.54) is 18.9 Å². The van der Waals surface area contributed by atoms with Crippen LogP contribution in [0.2, 0.25) is 10.0 Å². The zero-order valence-electron chi connectivity index (χ0n) is 15.6. The fraction of sp³-hybridized carbons (Fsp3) is 0.190. The molecule has 0 aromatic heterocycles. The van der Waals surface area contributed by atoms with Gasteiger partial charge < -0.3 is 10.1 Å². The highest BCUT2D eigenvalue weighted by molar-refractivity contribution is 9.10. The predicted octanol–water partition coefficient (Wildman–Crippen LogP) is 5.43. The van der Waals surface area contributed by atoms with Gasteiger partial charge in [-0.2, -0.15) is 5.26 Å². The minimum absolute atomic E-state index is 0.290. The average Bonchev–Trinajstić information content (AvgIpc) is 2.72. The lowest BCUT2D eigenvalue weighted by Gasteiger charge is -2.31. The average molecular weight is 526 g/mol. The lowest BCUT2D eigenvalue weighted by Crippen LogP contribution is -2.44. The summed E-state index contributed by atoms with van der Waals surface area (Å²) in [4.78, 5) is 25.2. The number of allylic oxidation sites excluding steroid dienone is 1. The molecular weight excluding hydrogens is 511 g/mol. The van der Waals surface area contributed by atoms with Gasteiger partial charge in [-0.3, -0.25) is 9.59 Å². The molecule has 0 saturated heterocycles. The quantitative estimate of drug-likeness (QED) is 0.416. The molecule has 2 aromatic carbocycles. The Morgan fingerprint density at radius 1 is 1.30 bits per heavy atom. The second-order valence-corrected chi connectivity index (χ2v) is 9.15. The standard InChI is InChI=1S/C21H15BrCl2N2O3S/c1-29-21(28)18-17(11-3-2-4-13(22)7-11)15(9-25)20(26-19(18)27)30-10-12-5-6-14(23)8-16(12)24/h2-8,17-18H,10H2,1H3,(H,26,27)/t17-,18-/m1/s1. The number of amides is 1. The summed E-state index contributed by atoms with van der Waals surface area (Å²) in [5.41, 5.74) is 1.76. The van der Waals surface area contributed by atoms with Crippen molar-refractivity contribution in [3.63, 3.8) is 0 Å². The number of carbonyl (C=O) groups is 2. The van der Waals surface area contributed by atoms with E-state index in [4.69, 9.17) is 27.9 Å². The topological polar surface area (TPSA) is 79.2 Å². The summed E-state index contributed by atoms with van der Waals surface area (Å²) < 4.78 is 5.62. The third kappa shape index (κ3) is 4.84. The summed E-state index contributed by atoms with van der Waals surface area (Å²) in [6.07, 6.45) is 0. The fourth-order valence-electron chi connectivity index (χ4n) is 3.17. The summed E-state index contributed by atoms with van der Waals surface area (Å²) in [5.74, 6) is -2.74. The van der Waals surface area contributed by atoms with E-state index in [-0.39, 0.29) is 5.57 Å². The molecule has 30 heavy (non-hydrogen) atoms. The normalized spacial score (nSPS) is 18.6. The van der Waals surface area contributed by atoms with Crippen molar-refractivity contribution in [2.75, 3.05) is 7.11 Å². The number of nitriles is 1. The molecule has 0 fully saturated rings. The van der Waals surface area contributed by atoms with Crippen molar-refractivity contribution in [2.24, 2.45) is 5.92 Å². The van der Waals surface area contributed by atoms with E-state index >= 15 is 0 Å². The number of esters is 1. The van der Waals surface area contributed by atoms with Crippen LogP contribution in [0.25, 0.3) is 0 Å². The molecule has 0 bridgehead atoms. The third-order valence-electron chi connectivity index (χ3n) is 4.58. The first kappa shape index (κ1) is 22.7. The van der Waals surface area contributed by atoms with Crippen LogP contribution < -0.4 is 5.32 Å². The molecule has 1 amide bonds. The van der Waals surface area contributed by atoms with Crippen LogP contribution in [0.4, 0.5) is 0 Å². The van der Waals surface area contributed by atoms with Crippen LogP contribution in [0, 0.1) is 17.2 Å². The molecule has 0 saturated carbocycles. The van der Waals surface area contributed by atoms with Crippen molar-refractivity contribution < 1.29 is 14.3 Å². The molecule has 0 radical (unpaired) electrons. The number of nitrogens with one attached hydrogen (secondary N) is 1. The van der Waals surface area contributed by atoms with E-state index in [0.717, 1.165) is 10.0 Å². The SMILES string of the molecule is COC(=O)[C@H]1C(=O)NC(SCc2ccc(Cl)cc2Cl)=C(C#N)[C@H]1c1cccc(Br)c1. The Labute approximate surface area is 196 Å². The van der Waals surface area contributed by atoms with Crippen LogP contribution in [0.1, 0.15) is 17.0 Å². The Bertz CT molecular complexity index is 1080. The fourth-order valence-corrected chi connectivity index (χ4v) is 5.19. The molecule has 9 heteroatoms. The maximum absolute atomic E-state index is 12.8. The lowest BCUT2D eigenvalue weighted by atomic mass is 9.78. The van der Waals surface area contributed by atoms with Crippen molar-refractivity contribution in [3.05, 3.63) is 78.7 Å². The molecule has 5 nitrogen and oxygen atoms in total. The molecule has 1 heterocycles. The van der Waals surface area contributed by atoms with Crippen LogP contribution in [-0.2, 0) is 20.1 Å². The smallest absolute Gasteiger partial charge is 0.319 e. The summed E-state index contributed by atoms with van der Waals surface area (Å²) in [6, 6.07) is 14.5. The summed E-state index contributed by atoms with van der Waals surface area (Å²) in [6.45, 7) is 0. The van der Waals surface area contributed by atoms with Crippen LogP contribution >= 0.6 is 50.9 Å². The molecule has 0 spiro atoms. The monoisotopic (exact) mass is 524 g/mol. The number of methoxy groups -OCH3 is 1. The second kappa shape index (κ2) is 9.88. The first-order chi connectivity index (χ1) is 14.3. The van der Waals surface area contributed by atoms with Gasteiger partial charge in [0.2, 0.25) is 5.91 Å². The number of carbonyl (C=O) groups excluding carboxylic acids is 2. The highest BCUT2D eigenvalue weighted by Crippen LogP contribution is 2.41. The molecule has 2 aromatic rings. The summed E-state index contributed by atoms with van der Waals surface area (Å²) >= 11 is 16.8. The maximum Gasteiger partial charge on any atom is 0.319 e. The molecular formula is C21H15BrCl2N2O3S. The minimum Gasteiger partial charge on any atom is -0.468 e. The Kier molecular flexibility index (Phi) is 7.48. The van der Waals surface area contributed by atoms with Crippen LogP contribution in [-0.4, -0.2) is 19.0 Å². The second-order valence-electron chi connectivity index (χ2n) is 6.40. The van der Waals surface area contributed by atoms with E-state index in [1.807, 2.05) is 6.07 Å². The van der Waals surface area contributed by atoms with Gasteiger partial charge in [-0.05, 0) is 35.4 Å². The van der Waals surface area contributed by atoms with E-state index in [9.17, 15) is 14.9 Å². The van der Waals surface area contributed by atoms with Gasteiger partial charge >= 0.3 is 5.97 Å². The molecule has 3 rings (SSSR count). The Morgan fingerprint density at radius 2 is 2.07 bits per heavy atom. The lowest BCUT2D eigenvalue weighted by molar-refractivity contribution is -0.150. The van der Waals surface area contributed by atoms with E-state index < -0.39 is 23.7 Å². The Morgan fingerprint density at radius 3 is 2.70 bits per heavy atom. The van der Waals surface area contributed by atoms with Gasteiger partial charge in [0.05, 0.1) is 23.8 Å². The van der Waals surface area contributed by atoms with Gasteiger partial charge in [0.1, 0.15) is 5.92 Å². The molecule has 2 atom stereocenters. The number of ether oxygens (including phenoxy) is 1. The molecule has 0 aliphatic carbocycles. The molecule has 1 aliphatic heterocycles. The predicted molar refractivity (Wildman–Crippen MR) is 121 cm³/mol. The number of halogens is 3. The van der Waals surface area contributed by atoms with Gasteiger partial charge in [-0.15, -0.1) is 11.8 Å². The number of thioether (sulfide) groups is 1. The summed E-state index contributed by atoms with van der Waals surface area (Å²) in [5, 5.41) is 14.0. The van der Waals surface area contributed by atoms with Gasteiger partial charge in [-0.25, -0.2) is 0 Å². The number of nitrogens with zero attached hydrogens (tertiary/aromatic N) is 1.